The minimum Gasteiger partial charge on any atom is -0.497 e. The van der Waals surface area contributed by atoms with Gasteiger partial charge in [-0.2, -0.15) is 0 Å². The smallest absolute Gasteiger partial charge is 0.253 e. The van der Waals surface area contributed by atoms with Crippen molar-refractivity contribution in [3.8, 4) is 11.5 Å². The van der Waals surface area contributed by atoms with E-state index in [-0.39, 0.29) is 17.7 Å². The topological polar surface area (TPSA) is 77.1 Å². The van der Waals surface area contributed by atoms with Gasteiger partial charge in [-0.15, -0.1) is 0 Å². The van der Waals surface area contributed by atoms with E-state index in [1.807, 2.05) is 43.3 Å². The summed E-state index contributed by atoms with van der Waals surface area (Å²) in [7, 11) is 4.78. The van der Waals surface area contributed by atoms with Gasteiger partial charge in [0.1, 0.15) is 11.5 Å². The van der Waals surface area contributed by atoms with Crippen LogP contribution >= 0.6 is 0 Å². The predicted octanol–water partition coefficient (Wildman–Crippen LogP) is 2.63. The second-order valence-electron chi connectivity index (χ2n) is 7.68. The molecule has 7 heteroatoms. The van der Waals surface area contributed by atoms with Crippen molar-refractivity contribution in [2.24, 2.45) is 5.92 Å². The number of carbonyl (C=O) groups excluding carboxylic acids is 2. The summed E-state index contributed by atoms with van der Waals surface area (Å²) in [5, 5.41) is 2.92. The van der Waals surface area contributed by atoms with Crippen LogP contribution in [-0.2, 0) is 9.53 Å². The molecule has 0 aromatic heterocycles. The van der Waals surface area contributed by atoms with Crippen LogP contribution in [0.5, 0.6) is 11.5 Å². The van der Waals surface area contributed by atoms with Crippen LogP contribution in [0.2, 0.25) is 0 Å². The van der Waals surface area contributed by atoms with Crippen molar-refractivity contribution in [3.05, 3.63) is 59.2 Å². The quantitative estimate of drug-likeness (QED) is 0.657. The number of carbonyl (C=O) groups is 2. The van der Waals surface area contributed by atoms with Gasteiger partial charge in [0.25, 0.3) is 5.91 Å². The monoisotopic (exact) mass is 426 g/mol. The molecule has 1 aliphatic rings. The number of ether oxygens (including phenoxy) is 3. The first-order valence-corrected chi connectivity index (χ1v) is 10.3. The van der Waals surface area contributed by atoms with Crippen LogP contribution < -0.4 is 14.8 Å². The number of aryl methyl sites for hydroxylation is 1. The standard InChI is InChI=1S/C24H30N2O5/c1-16-5-7-17(8-6-16)24(28)26-14-20(21(15-26)23(27)25-11-12-29-2)19-10-9-18(30-3)13-22(19)31-4/h5-10,13,20-21H,11-12,14-15H2,1-4H3,(H,25,27)/t20-,21-/m0/s1. The molecule has 3 rings (SSSR count). The molecule has 0 radical (unpaired) electrons. The third-order valence-electron chi connectivity index (χ3n) is 5.69. The van der Waals surface area contributed by atoms with Crippen LogP contribution in [0, 0.1) is 12.8 Å². The molecule has 2 aromatic carbocycles. The molecular formula is C24H30N2O5. The number of hydrogen-bond donors (Lipinski definition) is 1. The maximum absolute atomic E-state index is 13.1. The molecule has 0 unspecified atom stereocenters. The number of nitrogens with zero attached hydrogens (tertiary/aromatic N) is 1. The van der Waals surface area contributed by atoms with Crippen molar-refractivity contribution < 1.29 is 23.8 Å². The Morgan fingerprint density at radius 1 is 1.03 bits per heavy atom. The second-order valence-corrected chi connectivity index (χ2v) is 7.68. The van der Waals surface area contributed by atoms with Crippen LogP contribution in [0.4, 0.5) is 0 Å². The molecule has 7 nitrogen and oxygen atoms in total. The van der Waals surface area contributed by atoms with E-state index in [2.05, 4.69) is 5.32 Å². The summed E-state index contributed by atoms with van der Waals surface area (Å²) in [6.07, 6.45) is 0. The average molecular weight is 427 g/mol. The summed E-state index contributed by atoms with van der Waals surface area (Å²) in [6.45, 7) is 3.60. The molecule has 0 spiro atoms. The van der Waals surface area contributed by atoms with Gasteiger partial charge in [-0.25, -0.2) is 0 Å². The molecule has 166 valence electrons. The van der Waals surface area contributed by atoms with Crippen LogP contribution in [0.3, 0.4) is 0 Å². The number of nitrogens with one attached hydrogen (secondary N) is 1. The van der Waals surface area contributed by atoms with Crippen LogP contribution in [0.15, 0.2) is 42.5 Å². The first kappa shape index (κ1) is 22.6. The molecule has 2 atom stereocenters. The van der Waals surface area contributed by atoms with E-state index in [9.17, 15) is 9.59 Å². The molecule has 2 amide bonds. The van der Waals surface area contributed by atoms with Crippen molar-refractivity contribution in [2.45, 2.75) is 12.8 Å². The van der Waals surface area contributed by atoms with Crippen LogP contribution in [-0.4, -0.2) is 64.3 Å². The number of likely N-dealkylation sites (tertiary alicyclic amines) is 1. The van der Waals surface area contributed by atoms with Crippen LogP contribution in [0.25, 0.3) is 0 Å². The fraction of sp³-hybridized carbons (Fsp3) is 0.417. The summed E-state index contributed by atoms with van der Waals surface area (Å²) in [4.78, 5) is 27.9. The fourth-order valence-corrected chi connectivity index (χ4v) is 3.96. The van der Waals surface area contributed by atoms with Crippen LogP contribution in [0.1, 0.15) is 27.4 Å². The molecule has 1 fully saturated rings. The Bertz CT molecular complexity index is 913. The zero-order valence-electron chi connectivity index (χ0n) is 18.5. The molecule has 0 bridgehead atoms. The van der Waals surface area contributed by atoms with E-state index in [0.717, 1.165) is 11.1 Å². The molecule has 1 saturated heterocycles. The van der Waals surface area contributed by atoms with Gasteiger partial charge in [0.05, 0.1) is 26.7 Å². The predicted molar refractivity (Wildman–Crippen MR) is 118 cm³/mol. The van der Waals surface area contributed by atoms with Gasteiger partial charge in [0, 0.05) is 49.9 Å². The summed E-state index contributed by atoms with van der Waals surface area (Å²) < 4.78 is 15.9. The Morgan fingerprint density at radius 3 is 2.42 bits per heavy atom. The number of rotatable bonds is 8. The van der Waals surface area contributed by atoms with Gasteiger partial charge >= 0.3 is 0 Å². The lowest BCUT2D eigenvalue weighted by Crippen LogP contribution is -2.37. The molecule has 1 N–H and O–H groups in total. The zero-order chi connectivity index (χ0) is 22.4. The first-order valence-electron chi connectivity index (χ1n) is 10.3. The van der Waals surface area contributed by atoms with Gasteiger partial charge < -0.3 is 24.4 Å². The lowest BCUT2D eigenvalue weighted by Gasteiger charge is -2.21. The summed E-state index contributed by atoms with van der Waals surface area (Å²) >= 11 is 0. The fourth-order valence-electron chi connectivity index (χ4n) is 3.96. The van der Waals surface area contributed by atoms with E-state index in [1.54, 1.807) is 32.3 Å². The SMILES string of the molecule is COCCNC(=O)[C@H]1CN(C(=O)c2ccc(C)cc2)C[C@H]1c1ccc(OC)cc1OC. The van der Waals surface area contributed by atoms with Gasteiger partial charge in [0.2, 0.25) is 5.91 Å². The molecule has 1 heterocycles. The lowest BCUT2D eigenvalue weighted by atomic mass is 9.87. The minimum atomic E-state index is -0.395. The average Bonchev–Trinajstić information content (AvgIpc) is 3.24. The van der Waals surface area contributed by atoms with E-state index in [0.29, 0.717) is 43.3 Å². The van der Waals surface area contributed by atoms with Crippen molar-refractivity contribution in [1.82, 2.24) is 10.2 Å². The van der Waals surface area contributed by atoms with E-state index < -0.39 is 5.92 Å². The number of benzene rings is 2. The third-order valence-corrected chi connectivity index (χ3v) is 5.69. The first-order chi connectivity index (χ1) is 15.0. The minimum absolute atomic E-state index is 0.0790. The number of hydrogen-bond acceptors (Lipinski definition) is 5. The number of methoxy groups -OCH3 is 3. The number of amides is 2. The second kappa shape index (κ2) is 10.3. The zero-order valence-corrected chi connectivity index (χ0v) is 18.5. The maximum atomic E-state index is 13.1. The Labute approximate surface area is 183 Å². The van der Waals surface area contributed by atoms with E-state index in [1.165, 1.54) is 0 Å². The molecule has 31 heavy (non-hydrogen) atoms. The van der Waals surface area contributed by atoms with E-state index in [4.69, 9.17) is 14.2 Å². The highest BCUT2D eigenvalue weighted by atomic mass is 16.5. The molecule has 0 aliphatic carbocycles. The normalized spacial score (nSPS) is 18.0. The largest absolute Gasteiger partial charge is 0.497 e. The van der Waals surface area contributed by atoms with Gasteiger partial charge in [-0.05, 0) is 25.1 Å². The summed E-state index contributed by atoms with van der Waals surface area (Å²) in [5.41, 5.74) is 2.59. The Morgan fingerprint density at radius 2 is 1.77 bits per heavy atom. The highest BCUT2D eigenvalue weighted by molar-refractivity contribution is 5.95. The molecule has 2 aromatic rings. The highest BCUT2D eigenvalue weighted by Crippen LogP contribution is 2.39. The molecule has 1 aliphatic heterocycles. The lowest BCUT2D eigenvalue weighted by molar-refractivity contribution is -0.125. The molecular weight excluding hydrogens is 396 g/mol. The highest BCUT2D eigenvalue weighted by Gasteiger charge is 2.41. The van der Waals surface area contributed by atoms with Crippen molar-refractivity contribution in [3.63, 3.8) is 0 Å². The van der Waals surface area contributed by atoms with Gasteiger partial charge in [-0.1, -0.05) is 23.8 Å². The third kappa shape index (κ3) is 5.17. The Balaban J connectivity index is 1.89. The molecule has 0 saturated carbocycles. The maximum Gasteiger partial charge on any atom is 0.253 e. The Hall–Kier alpha value is -3.06. The Kier molecular flexibility index (Phi) is 7.52. The van der Waals surface area contributed by atoms with Crippen molar-refractivity contribution in [1.29, 1.82) is 0 Å². The van der Waals surface area contributed by atoms with Gasteiger partial charge in [-0.3, -0.25) is 9.59 Å². The summed E-state index contributed by atoms with van der Waals surface area (Å²) in [5.74, 6) is 0.547. The summed E-state index contributed by atoms with van der Waals surface area (Å²) in [6, 6.07) is 13.1. The van der Waals surface area contributed by atoms with Gasteiger partial charge in [0.15, 0.2) is 0 Å². The van der Waals surface area contributed by atoms with Crippen molar-refractivity contribution in [2.75, 3.05) is 47.6 Å². The van der Waals surface area contributed by atoms with E-state index >= 15 is 0 Å². The van der Waals surface area contributed by atoms with Crippen molar-refractivity contribution >= 4 is 11.8 Å².